The zero-order valence-corrected chi connectivity index (χ0v) is 44.5. The normalized spacial score (nSPS) is 13.0. The molecule has 0 spiro atoms. The topological polar surface area (TPSA) is 78.9 Å². The monoisotopic (exact) mass is 955 g/mol. The van der Waals surface area contributed by atoms with Crippen LogP contribution >= 0.6 is 0 Å². The van der Waals surface area contributed by atoms with Crippen LogP contribution in [-0.2, 0) is 28.6 Å². The number of ether oxygens (including phenoxy) is 3. The van der Waals surface area contributed by atoms with Crippen molar-refractivity contribution < 1.29 is 28.6 Å². The first-order valence-corrected chi connectivity index (χ1v) is 28.0. The van der Waals surface area contributed by atoms with E-state index < -0.39 is 12.1 Å². The lowest BCUT2D eigenvalue weighted by atomic mass is 10.1. The van der Waals surface area contributed by atoms with Gasteiger partial charge in [0, 0.05) is 19.3 Å². The second-order valence-corrected chi connectivity index (χ2v) is 18.1. The molecule has 0 radical (unpaired) electrons. The standard InChI is InChI=1S/C63H102O6/c1-4-7-10-13-16-19-22-25-28-30-31-33-36-39-42-45-48-51-54-57-63(66)69-60(58-67-61(64)55-52-49-46-43-40-37-34-27-24-21-18-15-12-9-6-3)59-68-62(65)56-53-50-47-44-41-38-35-32-29-26-23-20-17-14-11-8-5-2/h7,10,16,19,25-29,31,33-35,38-39,42,44,47-48,51,60H,4-6,8-9,11-15,17-18,20-24,30,32,36-37,40-41,43,45-46,49-50,52-59H2,1-3H3/b10-7-,19-16-,28-25-,29-26-,33-31-,34-27-,38-35-,42-39-,47-44-,51-48-/t60-/m0/s1. The van der Waals surface area contributed by atoms with Crippen molar-refractivity contribution in [2.75, 3.05) is 13.2 Å². The minimum Gasteiger partial charge on any atom is -0.462 e. The van der Waals surface area contributed by atoms with E-state index >= 15 is 0 Å². The molecule has 0 unspecified atom stereocenters. The van der Waals surface area contributed by atoms with Crippen molar-refractivity contribution >= 4 is 17.9 Å². The zero-order valence-electron chi connectivity index (χ0n) is 44.5. The second-order valence-electron chi connectivity index (χ2n) is 18.1. The molecule has 0 aliphatic carbocycles. The fourth-order valence-electron chi connectivity index (χ4n) is 7.24. The van der Waals surface area contributed by atoms with Gasteiger partial charge in [-0.2, -0.15) is 0 Å². The molecule has 0 heterocycles. The Kier molecular flexibility index (Phi) is 53.0. The van der Waals surface area contributed by atoms with Gasteiger partial charge in [0.2, 0.25) is 0 Å². The van der Waals surface area contributed by atoms with Crippen molar-refractivity contribution in [2.45, 2.75) is 245 Å². The fraction of sp³-hybridized carbons (Fsp3) is 0.635. The first-order valence-electron chi connectivity index (χ1n) is 28.0. The molecule has 0 saturated carbocycles. The maximum Gasteiger partial charge on any atom is 0.306 e. The maximum atomic E-state index is 12.8. The summed E-state index contributed by atoms with van der Waals surface area (Å²) in [6.07, 6.45) is 77.7. The Morgan fingerprint density at radius 1 is 0.304 bits per heavy atom. The Morgan fingerprint density at radius 3 is 1.01 bits per heavy atom. The quantitative estimate of drug-likeness (QED) is 0.0262. The van der Waals surface area contributed by atoms with Crippen molar-refractivity contribution in [2.24, 2.45) is 0 Å². The van der Waals surface area contributed by atoms with Gasteiger partial charge in [0.1, 0.15) is 13.2 Å². The Balaban J connectivity index is 4.61. The van der Waals surface area contributed by atoms with Gasteiger partial charge in [-0.25, -0.2) is 0 Å². The molecule has 0 aromatic rings. The van der Waals surface area contributed by atoms with Crippen LogP contribution in [0.1, 0.15) is 239 Å². The minimum absolute atomic E-state index is 0.131. The Morgan fingerprint density at radius 2 is 0.609 bits per heavy atom. The predicted molar refractivity (Wildman–Crippen MR) is 297 cm³/mol. The highest BCUT2D eigenvalue weighted by Crippen LogP contribution is 2.12. The summed E-state index contributed by atoms with van der Waals surface area (Å²) in [5, 5.41) is 0. The summed E-state index contributed by atoms with van der Waals surface area (Å²) < 4.78 is 16.7. The average molecular weight is 956 g/mol. The third-order valence-electron chi connectivity index (χ3n) is 11.4. The van der Waals surface area contributed by atoms with Crippen LogP contribution in [0.3, 0.4) is 0 Å². The SMILES string of the molecule is CC/C=C\C/C=C\C/C=C\C/C=C\C/C=C\C/C=C\CCC(=O)O[C@H](COC(=O)CCC/C=C\C/C=C\C/C=C\CCCCCCCC)COC(=O)CCCCCCC/C=C\CCCCCCCC. The molecule has 0 rings (SSSR count). The lowest BCUT2D eigenvalue weighted by Gasteiger charge is -2.18. The summed E-state index contributed by atoms with van der Waals surface area (Å²) in [6.45, 7) is 6.39. The smallest absolute Gasteiger partial charge is 0.306 e. The number of unbranched alkanes of at least 4 members (excludes halogenated alkanes) is 18. The van der Waals surface area contributed by atoms with E-state index in [1.54, 1.807) is 0 Å². The maximum absolute atomic E-state index is 12.8. The van der Waals surface area contributed by atoms with E-state index in [4.69, 9.17) is 14.2 Å². The van der Waals surface area contributed by atoms with Crippen LogP contribution < -0.4 is 0 Å². The van der Waals surface area contributed by atoms with Gasteiger partial charge < -0.3 is 14.2 Å². The highest BCUT2D eigenvalue weighted by molar-refractivity contribution is 5.71. The molecule has 390 valence electrons. The number of carbonyl (C=O) groups excluding carboxylic acids is 3. The van der Waals surface area contributed by atoms with Crippen molar-refractivity contribution in [3.63, 3.8) is 0 Å². The molecule has 1 atom stereocenters. The highest BCUT2D eigenvalue weighted by Gasteiger charge is 2.19. The lowest BCUT2D eigenvalue weighted by Crippen LogP contribution is -2.30. The zero-order chi connectivity index (χ0) is 50.0. The van der Waals surface area contributed by atoms with Crippen LogP contribution in [0.4, 0.5) is 0 Å². The van der Waals surface area contributed by atoms with Crippen LogP contribution in [0.5, 0.6) is 0 Å². The molecule has 6 heteroatoms. The number of rotatable bonds is 49. The van der Waals surface area contributed by atoms with E-state index in [9.17, 15) is 14.4 Å². The Labute approximate surface area is 424 Å². The molecule has 0 aromatic carbocycles. The molecule has 0 aliphatic rings. The van der Waals surface area contributed by atoms with Crippen LogP contribution in [-0.4, -0.2) is 37.2 Å². The van der Waals surface area contributed by atoms with E-state index in [1.165, 1.54) is 96.3 Å². The summed E-state index contributed by atoms with van der Waals surface area (Å²) >= 11 is 0. The summed E-state index contributed by atoms with van der Waals surface area (Å²) in [7, 11) is 0. The van der Waals surface area contributed by atoms with Crippen molar-refractivity contribution in [1.82, 2.24) is 0 Å². The summed E-state index contributed by atoms with van der Waals surface area (Å²) in [5.74, 6) is -1.08. The number of allylic oxidation sites excluding steroid dienone is 20. The largest absolute Gasteiger partial charge is 0.462 e. The van der Waals surface area contributed by atoms with Gasteiger partial charge in [0.15, 0.2) is 6.10 Å². The van der Waals surface area contributed by atoms with Crippen molar-refractivity contribution in [1.29, 1.82) is 0 Å². The summed E-state index contributed by atoms with van der Waals surface area (Å²) in [6, 6.07) is 0. The Hall–Kier alpha value is -4.19. The van der Waals surface area contributed by atoms with E-state index in [0.29, 0.717) is 19.3 Å². The molecule has 0 saturated heterocycles. The first kappa shape index (κ1) is 64.8. The molecular formula is C63H102O6. The van der Waals surface area contributed by atoms with Gasteiger partial charge in [-0.1, -0.05) is 226 Å². The molecule has 0 aromatic heterocycles. The van der Waals surface area contributed by atoms with Crippen LogP contribution in [0, 0.1) is 0 Å². The number of hydrogen-bond donors (Lipinski definition) is 0. The third kappa shape index (κ3) is 54.6. The van der Waals surface area contributed by atoms with E-state index in [1.807, 2.05) is 12.2 Å². The third-order valence-corrected chi connectivity index (χ3v) is 11.4. The van der Waals surface area contributed by atoms with Crippen molar-refractivity contribution in [3.8, 4) is 0 Å². The number of esters is 3. The summed E-state index contributed by atoms with van der Waals surface area (Å²) in [4.78, 5) is 38.1. The molecule has 0 bridgehead atoms. The fourth-order valence-corrected chi connectivity index (χ4v) is 7.24. The molecule has 69 heavy (non-hydrogen) atoms. The predicted octanol–water partition coefficient (Wildman–Crippen LogP) is 18.9. The van der Waals surface area contributed by atoms with E-state index in [0.717, 1.165) is 89.9 Å². The van der Waals surface area contributed by atoms with E-state index in [-0.39, 0.29) is 38.0 Å². The van der Waals surface area contributed by atoms with Crippen molar-refractivity contribution in [3.05, 3.63) is 122 Å². The average Bonchev–Trinajstić information content (AvgIpc) is 3.35. The summed E-state index contributed by atoms with van der Waals surface area (Å²) in [5.41, 5.74) is 0. The van der Waals surface area contributed by atoms with Crippen LogP contribution in [0.2, 0.25) is 0 Å². The molecule has 0 fully saturated rings. The molecular weight excluding hydrogens is 853 g/mol. The van der Waals surface area contributed by atoms with Gasteiger partial charge in [-0.05, 0) is 116 Å². The molecule has 0 amide bonds. The van der Waals surface area contributed by atoms with E-state index in [2.05, 4.69) is 130 Å². The Bertz CT molecular complexity index is 1470. The number of hydrogen-bond acceptors (Lipinski definition) is 6. The van der Waals surface area contributed by atoms with Crippen LogP contribution in [0.25, 0.3) is 0 Å². The lowest BCUT2D eigenvalue weighted by molar-refractivity contribution is -0.166. The molecule has 0 N–H and O–H groups in total. The van der Waals surface area contributed by atoms with Gasteiger partial charge in [-0.15, -0.1) is 0 Å². The molecule has 0 aliphatic heterocycles. The van der Waals surface area contributed by atoms with Gasteiger partial charge in [0.05, 0.1) is 0 Å². The first-order chi connectivity index (χ1) is 34.0. The second kappa shape index (κ2) is 56.4. The van der Waals surface area contributed by atoms with Gasteiger partial charge in [0.25, 0.3) is 0 Å². The minimum atomic E-state index is -0.845. The van der Waals surface area contributed by atoms with Gasteiger partial charge in [-0.3, -0.25) is 14.4 Å². The number of carbonyl (C=O) groups is 3. The van der Waals surface area contributed by atoms with Gasteiger partial charge >= 0.3 is 17.9 Å². The highest BCUT2D eigenvalue weighted by atomic mass is 16.6. The van der Waals surface area contributed by atoms with Crippen LogP contribution in [0.15, 0.2) is 122 Å². The molecule has 6 nitrogen and oxygen atoms in total.